The highest BCUT2D eigenvalue weighted by Gasteiger charge is 2.44. The zero-order chi connectivity index (χ0) is 44.4. The van der Waals surface area contributed by atoms with Crippen LogP contribution in [0.5, 0.6) is 0 Å². The molecule has 0 saturated heterocycles. The summed E-state index contributed by atoms with van der Waals surface area (Å²) in [6.45, 7) is -0.324. The summed E-state index contributed by atoms with van der Waals surface area (Å²) >= 11 is 0. The van der Waals surface area contributed by atoms with Crippen LogP contribution in [0.4, 0.5) is 0 Å². The number of aliphatic hydroxyl groups is 4. The molecule has 0 radical (unpaired) electrons. The predicted molar refractivity (Wildman–Crippen MR) is 247 cm³/mol. The second kappa shape index (κ2) is 20.8. The number of carbonyl (C=O) groups excluding carboxylic acids is 2. The van der Waals surface area contributed by atoms with Crippen LogP contribution < -0.4 is 10.6 Å². The summed E-state index contributed by atoms with van der Waals surface area (Å²) in [5.41, 5.74) is 8.16. The van der Waals surface area contributed by atoms with Crippen LogP contribution >= 0.6 is 0 Å². The van der Waals surface area contributed by atoms with Crippen molar-refractivity contribution in [3.8, 4) is 0 Å². The van der Waals surface area contributed by atoms with E-state index in [4.69, 9.17) is 9.47 Å². The van der Waals surface area contributed by atoms with Crippen LogP contribution in [0.2, 0.25) is 0 Å². The molecule has 64 heavy (non-hydrogen) atoms. The second-order valence-corrected chi connectivity index (χ2v) is 16.2. The number of hydrogen-bond donors (Lipinski definition) is 6. The van der Waals surface area contributed by atoms with E-state index in [9.17, 15) is 30.0 Å². The Kier molecular flexibility index (Phi) is 14.3. The third-order valence-electron chi connectivity index (χ3n) is 11.9. The summed E-state index contributed by atoms with van der Waals surface area (Å²) in [5.74, 6) is -1.61. The Bertz CT molecular complexity index is 2400. The molecule has 0 bridgehead atoms. The van der Waals surface area contributed by atoms with Crippen molar-refractivity contribution in [1.82, 2.24) is 10.6 Å². The first kappa shape index (κ1) is 44.1. The molecule has 0 spiro atoms. The zero-order valence-corrected chi connectivity index (χ0v) is 35.2. The van der Waals surface area contributed by atoms with Crippen LogP contribution in [0.1, 0.15) is 67.7 Å². The highest BCUT2D eigenvalue weighted by molar-refractivity contribution is 5.84. The van der Waals surface area contributed by atoms with Gasteiger partial charge in [-0.05, 0) is 55.6 Å². The van der Waals surface area contributed by atoms with E-state index in [-0.39, 0.29) is 13.2 Å². The lowest BCUT2D eigenvalue weighted by atomic mass is 9.99. The molecule has 0 aliphatic heterocycles. The molecule has 0 saturated carbocycles. The van der Waals surface area contributed by atoms with Gasteiger partial charge >= 0.3 is 0 Å². The molecule has 8 rings (SSSR count). The summed E-state index contributed by atoms with van der Waals surface area (Å²) < 4.78 is 12.6. The van der Waals surface area contributed by atoms with Gasteiger partial charge in [-0.1, -0.05) is 182 Å². The monoisotopic (exact) mass is 856 g/mol. The largest absolute Gasteiger partial charge is 0.390 e. The number of amides is 2. The van der Waals surface area contributed by atoms with Crippen LogP contribution in [0.15, 0.2) is 158 Å². The van der Waals surface area contributed by atoms with Gasteiger partial charge in [-0.2, -0.15) is 0 Å². The maximum absolute atomic E-state index is 14.5. The molecule has 0 aromatic heterocycles. The predicted octanol–water partition coefficient (Wildman–Crippen LogP) is 6.77. The lowest BCUT2D eigenvalue weighted by molar-refractivity contribution is -0.171. The number of benzene rings is 6. The summed E-state index contributed by atoms with van der Waals surface area (Å²) in [4.78, 5) is 28.9. The molecule has 8 atom stereocenters. The van der Waals surface area contributed by atoms with E-state index >= 15 is 0 Å². The van der Waals surface area contributed by atoms with E-state index in [1.165, 1.54) is 0 Å². The topological polar surface area (TPSA) is 158 Å². The van der Waals surface area contributed by atoms with E-state index in [0.717, 1.165) is 44.5 Å². The molecule has 10 nitrogen and oxygen atoms in total. The fourth-order valence-electron chi connectivity index (χ4n) is 8.50. The Labute approximate surface area is 373 Å². The quantitative estimate of drug-likeness (QED) is 0.0550. The van der Waals surface area contributed by atoms with Crippen LogP contribution in [0.3, 0.4) is 0 Å². The molecule has 6 aromatic carbocycles. The molecule has 326 valence electrons. The Morgan fingerprint density at radius 3 is 1.28 bits per heavy atom. The molecule has 0 fully saturated rings. The fraction of sp³-hybridized carbons (Fsp3) is 0.222. The van der Waals surface area contributed by atoms with E-state index < -0.39 is 60.5 Å². The fourth-order valence-corrected chi connectivity index (χ4v) is 8.50. The Balaban J connectivity index is 1.09. The smallest absolute Gasteiger partial charge is 0.252 e. The number of hydrogen-bond acceptors (Lipinski definition) is 8. The first-order chi connectivity index (χ1) is 31.2. The number of fused-ring (bicyclic) bond motifs is 2. The van der Waals surface area contributed by atoms with Crippen LogP contribution in [-0.4, -0.2) is 68.9 Å². The Morgan fingerprint density at radius 2 is 0.859 bits per heavy atom. The third-order valence-corrected chi connectivity index (χ3v) is 11.9. The lowest BCUT2D eigenvalue weighted by Crippen LogP contribution is -2.57. The summed E-state index contributed by atoms with van der Waals surface area (Å²) in [6, 6.07) is 47.6. The number of ether oxygens (including phenoxy) is 2. The van der Waals surface area contributed by atoms with Gasteiger partial charge in [-0.3, -0.25) is 9.59 Å². The summed E-state index contributed by atoms with van der Waals surface area (Å²) in [6.07, 6.45) is -1.06. The maximum atomic E-state index is 14.5. The summed E-state index contributed by atoms with van der Waals surface area (Å²) in [5, 5.41) is 52.4. The maximum Gasteiger partial charge on any atom is 0.252 e. The second-order valence-electron chi connectivity index (χ2n) is 16.2. The zero-order valence-electron chi connectivity index (χ0n) is 35.2. The molecule has 6 aromatic rings. The van der Waals surface area contributed by atoms with E-state index in [2.05, 4.69) is 10.6 Å². The van der Waals surface area contributed by atoms with E-state index in [0.29, 0.717) is 24.0 Å². The van der Waals surface area contributed by atoms with Gasteiger partial charge in [0, 0.05) is 12.8 Å². The molecule has 2 unspecified atom stereocenters. The van der Waals surface area contributed by atoms with Crippen LogP contribution in [0, 0.1) is 0 Å². The summed E-state index contributed by atoms with van der Waals surface area (Å²) in [7, 11) is 0. The molecular weight excluding hydrogens is 805 g/mol. The van der Waals surface area contributed by atoms with Crippen LogP contribution in [0.25, 0.3) is 24.3 Å². The average Bonchev–Trinajstić information content (AvgIpc) is 3.82. The van der Waals surface area contributed by atoms with Gasteiger partial charge in [-0.25, -0.2) is 0 Å². The standard InChI is InChI=1S/C54H52N2O8/c57-45-31-39-21-11-13-25-43(39)47(45)55-53(61)51(63-33-41-23-9-7-19-37(41)29-27-35-15-3-1-4-16-35)49(59)50(60)52(54(62)56-48-44-26-14-12-22-40(44)32-46(48)58)64-34-42-24-10-8-20-38(42)30-28-36-17-5-2-6-18-36/h1-30,45-52,57-60H,31-34H2,(H,55,61)(H,56,62)/b29-27+,30-28+/t45-,46-,47?,48?,49-,50-,51-,52-/m1/s1. The van der Waals surface area contributed by atoms with Crippen molar-refractivity contribution in [3.05, 3.63) is 213 Å². The number of rotatable bonds is 17. The van der Waals surface area contributed by atoms with Gasteiger partial charge in [0.2, 0.25) is 0 Å². The van der Waals surface area contributed by atoms with Crippen molar-refractivity contribution < 1.29 is 39.5 Å². The average molecular weight is 857 g/mol. The highest BCUT2D eigenvalue weighted by Crippen LogP contribution is 2.33. The Morgan fingerprint density at radius 1 is 0.500 bits per heavy atom. The minimum Gasteiger partial charge on any atom is -0.390 e. The van der Waals surface area contributed by atoms with Gasteiger partial charge in [0.1, 0.15) is 12.2 Å². The van der Waals surface area contributed by atoms with Crippen molar-refractivity contribution in [2.24, 2.45) is 0 Å². The first-order valence-corrected chi connectivity index (χ1v) is 21.6. The van der Waals surface area contributed by atoms with Crippen molar-refractivity contribution in [1.29, 1.82) is 0 Å². The molecule has 10 heteroatoms. The normalized spacial score (nSPS) is 19.8. The minimum absolute atomic E-state index is 0.162. The van der Waals surface area contributed by atoms with Crippen molar-refractivity contribution in [2.75, 3.05) is 0 Å². The van der Waals surface area contributed by atoms with Crippen LogP contribution in [-0.2, 0) is 45.1 Å². The van der Waals surface area contributed by atoms with Gasteiger partial charge < -0.3 is 40.5 Å². The first-order valence-electron chi connectivity index (χ1n) is 21.6. The van der Waals surface area contributed by atoms with E-state index in [1.54, 1.807) is 0 Å². The van der Waals surface area contributed by atoms with Gasteiger partial charge in [0.15, 0.2) is 12.2 Å². The molecule has 0 heterocycles. The minimum atomic E-state index is -2.02. The molecule has 2 aliphatic carbocycles. The van der Waals surface area contributed by atoms with Crippen molar-refractivity contribution in [2.45, 2.75) is 74.8 Å². The third kappa shape index (κ3) is 10.5. The molecular formula is C54H52N2O8. The molecule has 2 aliphatic rings. The Hall–Kier alpha value is -6.50. The molecule has 2 amide bonds. The van der Waals surface area contributed by atoms with Gasteiger partial charge in [0.05, 0.1) is 37.5 Å². The lowest BCUT2D eigenvalue weighted by Gasteiger charge is -2.32. The van der Waals surface area contributed by atoms with E-state index in [1.807, 2.05) is 182 Å². The SMILES string of the molecule is O=C(NC1c2ccccc2C[C@H]1O)[C@H](OCc1ccccc1/C=C/c1ccccc1)[C@H](O)[C@@H](O)[C@@H](OCc1ccccc1/C=C/c1ccccc1)C(=O)NC1c2ccccc2C[C@H]1O. The molecule has 6 N–H and O–H groups in total. The van der Waals surface area contributed by atoms with Gasteiger partial charge in [0.25, 0.3) is 11.8 Å². The number of aliphatic hydroxyl groups excluding tert-OH is 4. The highest BCUT2D eigenvalue weighted by atomic mass is 16.5. The number of carbonyl (C=O) groups is 2. The van der Waals surface area contributed by atoms with Crippen molar-refractivity contribution in [3.63, 3.8) is 0 Å². The van der Waals surface area contributed by atoms with Crippen molar-refractivity contribution >= 4 is 36.1 Å². The number of nitrogens with one attached hydrogen (secondary N) is 2. The van der Waals surface area contributed by atoms with Gasteiger partial charge in [-0.15, -0.1) is 0 Å².